The number of hydrogen-bond donors (Lipinski definition) is 1. The summed E-state index contributed by atoms with van der Waals surface area (Å²) in [5.74, 6) is 0.319. The molecule has 6 nitrogen and oxygen atoms in total. The molecule has 0 bridgehead atoms. The maximum atomic E-state index is 13.2. The summed E-state index contributed by atoms with van der Waals surface area (Å²) in [4.78, 5) is 17.5. The minimum absolute atomic E-state index is 0.244. The van der Waals surface area contributed by atoms with E-state index >= 15 is 0 Å². The van der Waals surface area contributed by atoms with E-state index in [1.54, 1.807) is 32.2 Å². The molecule has 0 atom stereocenters. The molecule has 1 aromatic heterocycles. The second-order valence-electron chi connectivity index (χ2n) is 12.4. The third-order valence-corrected chi connectivity index (χ3v) is 8.30. The van der Waals surface area contributed by atoms with Crippen LogP contribution in [-0.2, 0) is 14.7 Å². The van der Waals surface area contributed by atoms with Gasteiger partial charge in [-0.25, -0.2) is 0 Å². The molecule has 2 fully saturated rings. The molecule has 0 spiro atoms. The summed E-state index contributed by atoms with van der Waals surface area (Å²) in [6, 6.07) is 18.2. The van der Waals surface area contributed by atoms with E-state index in [0.29, 0.717) is 22.9 Å². The van der Waals surface area contributed by atoms with Crippen LogP contribution in [0.25, 0.3) is 11.1 Å². The van der Waals surface area contributed by atoms with Crippen molar-refractivity contribution in [2.24, 2.45) is 0 Å². The van der Waals surface area contributed by atoms with Gasteiger partial charge in [-0.2, -0.15) is 5.26 Å². The molecule has 5 rings (SSSR count). The summed E-state index contributed by atoms with van der Waals surface area (Å²) in [7, 11) is -0.436. The van der Waals surface area contributed by atoms with Gasteiger partial charge in [-0.15, -0.1) is 0 Å². The molecular formula is C32H36BN3O3. The zero-order valence-corrected chi connectivity index (χ0v) is 23.9. The lowest BCUT2D eigenvalue weighted by molar-refractivity contribution is 0.00578. The Bertz CT molecular complexity index is 1470. The molecule has 0 radical (unpaired) electrons. The zero-order valence-electron chi connectivity index (χ0n) is 23.9. The van der Waals surface area contributed by atoms with Gasteiger partial charge >= 0.3 is 7.12 Å². The van der Waals surface area contributed by atoms with Crippen molar-refractivity contribution in [1.29, 1.82) is 5.26 Å². The fraction of sp³-hybridized carbons (Fsp3) is 0.406. The summed E-state index contributed by atoms with van der Waals surface area (Å²) in [6.07, 6.45) is 3.96. The van der Waals surface area contributed by atoms with Gasteiger partial charge in [-0.1, -0.05) is 24.3 Å². The monoisotopic (exact) mass is 521 g/mol. The maximum Gasteiger partial charge on any atom is 0.494 e. The third kappa shape index (κ3) is 5.37. The van der Waals surface area contributed by atoms with Gasteiger partial charge in [0.05, 0.1) is 28.4 Å². The zero-order chi connectivity index (χ0) is 28.2. The molecular weight excluding hydrogens is 485 g/mol. The highest BCUT2D eigenvalue weighted by Crippen LogP contribution is 2.42. The maximum absolute atomic E-state index is 13.2. The lowest BCUT2D eigenvalue weighted by atomic mass is 9.76. The van der Waals surface area contributed by atoms with Crippen LogP contribution >= 0.6 is 0 Å². The highest BCUT2D eigenvalue weighted by Gasteiger charge is 2.52. The van der Waals surface area contributed by atoms with Crippen LogP contribution in [0.5, 0.6) is 0 Å². The molecule has 2 aliphatic rings. The Morgan fingerprint density at radius 1 is 1.05 bits per heavy atom. The lowest BCUT2D eigenvalue weighted by Crippen LogP contribution is -2.41. The van der Waals surface area contributed by atoms with Crippen LogP contribution < -0.4 is 10.8 Å². The Kier molecular flexibility index (Phi) is 6.69. The van der Waals surface area contributed by atoms with Gasteiger partial charge in [0.2, 0.25) is 0 Å². The summed E-state index contributed by atoms with van der Waals surface area (Å²) in [5, 5.41) is 12.5. The number of carbonyl (C=O) groups excluding carboxylic acids is 1. The molecule has 200 valence electrons. The number of aryl methyl sites for hydroxylation is 1. The van der Waals surface area contributed by atoms with E-state index in [9.17, 15) is 10.1 Å². The summed E-state index contributed by atoms with van der Waals surface area (Å²) < 4.78 is 12.8. The van der Waals surface area contributed by atoms with Crippen molar-refractivity contribution >= 4 is 24.2 Å². The molecule has 2 aromatic carbocycles. The Morgan fingerprint density at radius 2 is 1.74 bits per heavy atom. The van der Waals surface area contributed by atoms with Crippen molar-refractivity contribution in [1.82, 2.24) is 4.98 Å². The first kappa shape index (κ1) is 27.1. The molecule has 1 aliphatic carbocycles. The highest BCUT2D eigenvalue weighted by atomic mass is 16.7. The smallest absolute Gasteiger partial charge is 0.399 e. The molecule has 1 saturated heterocycles. The number of hydrogen-bond acceptors (Lipinski definition) is 5. The van der Waals surface area contributed by atoms with Crippen LogP contribution in [0.3, 0.4) is 0 Å². The number of aromatic nitrogens is 1. The number of benzene rings is 2. The third-order valence-electron chi connectivity index (χ3n) is 8.30. The van der Waals surface area contributed by atoms with Gasteiger partial charge in [0.1, 0.15) is 0 Å². The van der Waals surface area contributed by atoms with Crippen LogP contribution in [-0.4, -0.2) is 29.2 Å². The molecule has 1 saturated carbocycles. The minimum atomic E-state index is -0.783. The number of amides is 1. The average molecular weight is 521 g/mol. The predicted octanol–water partition coefficient (Wildman–Crippen LogP) is 6.29. The fourth-order valence-electron chi connectivity index (χ4n) is 4.78. The van der Waals surface area contributed by atoms with Crippen molar-refractivity contribution in [3.8, 4) is 17.2 Å². The molecule has 2 heterocycles. The van der Waals surface area contributed by atoms with E-state index in [-0.39, 0.29) is 5.91 Å². The highest BCUT2D eigenvalue weighted by molar-refractivity contribution is 6.62. The topological polar surface area (TPSA) is 84.2 Å². The Morgan fingerprint density at radius 3 is 2.38 bits per heavy atom. The van der Waals surface area contributed by atoms with Crippen LogP contribution in [0.15, 0.2) is 54.7 Å². The van der Waals surface area contributed by atoms with Gasteiger partial charge in [-0.3, -0.25) is 9.78 Å². The van der Waals surface area contributed by atoms with Crippen molar-refractivity contribution < 1.29 is 14.1 Å². The number of carbonyl (C=O) groups is 1. The van der Waals surface area contributed by atoms with Crippen LogP contribution in [0.4, 0.5) is 5.69 Å². The van der Waals surface area contributed by atoms with Crippen LogP contribution in [0, 0.1) is 18.3 Å². The lowest BCUT2D eigenvalue weighted by Gasteiger charge is -2.32. The predicted molar refractivity (Wildman–Crippen MR) is 155 cm³/mol. The number of nitrogens with zero attached hydrogens (tertiary/aromatic N) is 2. The SMILES string of the molecule is Cc1ccc(NC(=O)c2ccnc(C(C)(C)C#N)c2)cc1-c1cc(B2OC(C)(C)C(C)(C)O2)cc(C2CC2)c1. The van der Waals surface area contributed by atoms with Crippen molar-refractivity contribution in [3.05, 3.63) is 77.1 Å². The molecule has 1 N–H and O–H groups in total. The second kappa shape index (κ2) is 9.62. The summed E-state index contributed by atoms with van der Waals surface area (Å²) >= 11 is 0. The van der Waals surface area contributed by atoms with Crippen LogP contribution in [0.2, 0.25) is 0 Å². The summed E-state index contributed by atoms with van der Waals surface area (Å²) in [5.41, 5.74) is 5.69. The molecule has 3 aromatic rings. The van der Waals surface area contributed by atoms with E-state index in [2.05, 4.69) is 69.2 Å². The minimum Gasteiger partial charge on any atom is -0.399 e. The average Bonchev–Trinajstić information content (AvgIpc) is 3.71. The summed E-state index contributed by atoms with van der Waals surface area (Å²) in [6.45, 7) is 13.9. The van der Waals surface area contributed by atoms with Gasteiger partial charge < -0.3 is 14.6 Å². The first-order valence-corrected chi connectivity index (χ1v) is 13.6. The Hall–Kier alpha value is -3.47. The Balaban J connectivity index is 1.46. The Labute approximate surface area is 231 Å². The van der Waals surface area contributed by atoms with Gasteiger partial charge in [0.25, 0.3) is 5.91 Å². The second-order valence-corrected chi connectivity index (χ2v) is 12.4. The van der Waals surface area contributed by atoms with Crippen LogP contribution in [0.1, 0.15) is 87.5 Å². The first-order valence-electron chi connectivity index (χ1n) is 13.6. The molecule has 1 amide bonds. The van der Waals surface area contributed by atoms with E-state index in [1.807, 2.05) is 18.2 Å². The van der Waals surface area contributed by atoms with Crippen molar-refractivity contribution in [2.45, 2.75) is 83.8 Å². The van der Waals surface area contributed by atoms with E-state index in [1.165, 1.54) is 18.4 Å². The van der Waals surface area contributed by atoms with Crippen molar-refractivity contribution in [2.75, 3.05) is 5.32 Å². The molecule has 7 heteroatoms. The number of rotatable bonds is 6. The van der Waals surface area contributed by atoms with E-state index in [0.717, 1.165) is 22.2 Å². The fourth-order valence-corrected chi connectivity index (χ4v) is 4.78. The standard InChI is InChI=1S/C32H36BN3O3/c1-20-8-11-26(36-29(37)22-12-13-35-28(17-22)30(2,3)19-34)18-27(20)24-14-23(21-9-10-21)15-25(16-24)33-38-31(4,5)32(6,7)39-33/h8,11-18,21H,9-10H2,1-7H3,(H,36,37). The molecule has 0 unspecified atom stereocenters. The van der Waals surface area contributed by atoms with Gasteiger partial charge in [-0.05, 0) is 119 Å². The van der Waals surface area contributed by atoms with E-state index < -0.39 is 23.7 Å². The van der Waals surface area contributed by atoms with Gasteiger partial charge in [0, 0.05) is 17.4 Å². The number of nitriles is 1. The van der Waals surface area contributed by atoms with Crippen molar-refractivity contribution in [3.63, 3.8) is 0 Å². The first-order chi connectivity index (χ1) is 18.3. The number of nitrogens with one attached hydrogen (secondary N) is 1. The molecule has 39 heavy (non-hydrogen) atoms. The largest absolute Gasteiger partial charge is 0.494 e. The van der Waals surface area contributed by atoms with Gasteiger partial charge in [0.15, 0.2) is 0 Å². The number of pyridine rings is 1. The number of anilines is 1. The molecule has 1 aliphatic heterocycles. The quantitative estimate of drug-likeness (QED) is 0.386. The van der Waals surface area contributed by atoms with E-state index in [4.69, 9.17) is 9.31 Å². The normalized spacial score (nSPS) is 18.1.